The van der Waals surface area contributed by atoms with Gasteiger partial charge in [-0.2, -0.15) is 0 Å². The minimum Gasteiger partial charge on any atom is -0.496 e. The number of nitrogens with one attached hydrogen (secondary N) is 1. The lowest BCUT2D eigenvalue weighted by Gasteiger charge is -2.20. The van der Waals surface area contributed by atoms with Crippen molar-refractivity contribution >= 4 is 17.7 Å². The Morgan fingerprint density at radius 3 is 1.57 bits per heavy atom. The topological polar surface area (TPSA) is 100 Å². The van der Waals surface area contributed by atoms with Gasteiger partial charge in [0.1, 0.15) is 11.5 Å². The van der Waals surface area contributed by atoms with Crippen molar-refractivity contribution in [2.75, 3.05) is 20.8 Å². The number of carbonyl (C=O) groups excluding carboxylic acids is 3. The average Bonchev–Trinajstić information content (AvgIpc) is 2.91. The second-order valence-electron chi connectivity index (χ2n) is 11.5. The van der Waals surface area contributed by atoms with Gasteiger partial charge in [-0.15, -0.1) is 0 Å². The predicted molar refractivity (Wildman–Crippen MR) is 162 cm³/mol. The number of hydrogen-bond acceptors (Lipinski definition) is 8. The van der Waals surface area contributed by atoms with Gasteiger partial charge >= 0.3 is 11.9 Å². The van der Waals surface area contributed by atoms with E-state index in [9.17, 15) is 14.4 Å². The minimum absolute atomic E-state index is 0.000443. The van der Waals surface area contributed by atoms with E-state index in [1.807, 2.05) is 72.7 Å². The maximum absolute atomic E-state index is 13.1. The Hall–Kier alpha value is -4.17. The Bertz CT molecular complexity index is 1480. The van der Waals surface area contributed by atoms with E-state index < -0.39 is 11.9 Å². The van der Waals surface area contributed by atoms with E-state index >= 15 is 0 Å². The molecule has 0 atom stereocenters. The van der Waals surface area contributed by atoms with Crippen LogP contribution in [0.3, 0.4) is 0 Å². The second-order valence-corrected chi connectivity index (χ2v) is 11.5. The lowest BCUT2D eigenvalue weighted by atomic mass is 10.0. The number of Topliss-reactive ketones (excluding diaryl/α,β-unsaturated/α-hetero) is 1. The summed E-state index contributed by atoms with van der Waals surface area (Å²) in [6.07, 6.45) is -0.0112. The summed E-state index contributed by atoms with van der Waals surface area (Å²) in [6.45, 7) is 13.6. The highest BCUT2D eigenvalue weighted by Crippen LogP contribution is 2.31. The van der Waals surface area contributed by atoms with Gasteiger partial charge in [-0.25, -0.2) is 0 Å². The first kappa shape index (κ1) is 32.3. The lowest BCUT2D eigenvalue weighted by molar-refractivity contribution is -0.136. The molecular formula is C34H41NO7. The summed E-state index contributed by atoms with van der Waals surface area (Å²) in [6, 6.07) is 12.0. The predicted octanol–water partition coefficient (Wildman–Crippen LogP) is 5.80. The van der Waals surface area contributed by atoms with Crippen molar-refractivity contribution in [3.63, 3.8) is 0 Å². The number of ether oxygens (including phenoxy) is 4. The molecule has 3 aromatic carbocycles. The number of esters is 2. The van der Waals surface area contributed by atoms with E-state index in [0.29, 0.717) is 5.56 Å². The molecule has 0 heterocycles. The van der Waals surface area contributed by atoms with Crippen molar-refractivity contribution in [2.45, 2.75) is 66.8 Å². The van der Waals surface area contributed by atoms with Crippen molar-refractivity contribution < 1.29 is 33.3 Å². The quantitative estimate of drug-likeness (QED) is 0.174. The summed E-state index contributed by atoms with van der Waals surface area (Å²) in [7, 11) is 3.20. The Balaban J connectivity index is 1.87. The number of benzene rings is 3. The molecule has 0 aliphatic rings. The molecule has 42 heavy (non-hydrogen) atoms. The van der Waals surface area contributed by atoms with Crippen LogP contribution in [-0.4, -0.2) is 44.0 Å². The molecule has 0 unspecified atom stereocenters. The van der Waals surface area contributed by atoms with Gasteiger partial charge in [0, 0.05) is 11.1 Å². The molecule has 224 valence electrons. The highest BCUT2D eigenvalue weighted by Gasteiger charge is 2.20. The van der Waals surface area contributed by atoms with Crippen molar-refractivity contribution in [3.8, 4) is 23.0 Å². The molecule has 0 fully saturated rings. The largest absolute Gasteiger partial charge is 0.496 e. The lowest BCUT2D eigenvalue weighted by Crippen LogP contribution is -2.39. The van der Waals surface area contributed by atoms with E-state index in [-0.39, 0.29) is 42.2 Å². The monoisotopic (exact) mass is 575 g/mol. The van der Waals surface area contributed by atoms with Gasteiger partial charge in [-0.1, -0.05) is 12.1 Å². The fourth-order valence-electron chi connectivity index (χ4n) is 4.44. The van der Waals surface area contributed by atoms with Crippen LogP contribution in [0.4, 0.5) is 0 Å². The van der Waals surface area contributed by atoms with Gasteiger partial charge in [0.25, 0.3) is 0 Å². The van der Waals surface area contributed by atoms with Crippen LogP contribution in [0.25, 0.3) is 0 Å². The third kappa shape index (κ3) is 8.66. The maximum atomic E-state index is 13.1. The molecule has 0 saturated heterocycles. The molecule has 0 aliphatic heterocycles. The van der Waals surface area contributed by atoms with Gasteiger partial charge in [0.05, 0.1) is 33.6 Å². The van der Waals surface area contributed by atoms with Crippen LogP contribution in [0.2, 0.25) is 0 Å². The molecule has 3 aromatic rings. The van der Waals surface area contributed by atoms with Gasteiger partial charge in [-0.3, -0.25) is 14.4 Å². The fourth-order valence-corrected chi connectivity index (χ4v) is 4.44. The number of rotatable bonds is 11. The van der Waals surface area contributed by atoms with Crippen molar-refractivity contribution in [2.24, 2.45) is 0 Å². The molecule has 0 spiro atoms. The molecule has 8 heteroatoms. The first-order valence-electron chi connectivity index (χ1n) is 13.8. The molecule has 0 radical (unpaired) electrons. The van der Waals surface area contributed by atoms with Crippen molar-refractivity contribution in [1.29, 1.82) is 0 Å². The summed E-state index contributed by atoms with van der Waals surface area (Å²) in [5.74, 6) is 0.248. The number of ketones is 1. The summed E-state index contributed by atoms with van der Waals surface area (Å²) >= 11 is 0. The van der Waals surface area contributed by atoms with Crippen LogP contribution in [0.1, 0.15) is 64.5 Å². The smallest absolute Gasteiger partial charge is 0.315 e. The van der Waals surface area contributed by atoms with E-state index in [1.165, 1.54) is 12.1 Å². The van der Waals surface area contributed by atoms with Crippen LogP contribution >= 0.6 is 0 Å². The van der Waals surface area contributed by atoms with Crippen LogP contribution in [-0.2, 0) is 22.4 Å². The van der Waals surface area contributed by atoms with Gasteiger partial charge in [-0.05, 0) is 112 Å². The number of hydrogen-bond donors (Lipinski definition) is 1. The molecule has 0 amide bonds. The van der Waals surface area contributed by atoms with E-state index in [1.54, 1.807) is 20.3 Å². The molecular weight excluding hydrogens is 534 g/mol. The molecule has 1 N–H and O–H groups in total. The van der Waals surface area contributed by atoms with Crippen LogP contribution in [0.5, 0.6) is 23.0 Å². The summed E-state index contributed by atoms with van der Waals surface area (Å²) in [4.78, 5) is 39.1. The molecule has 0 bridgehead atoms. The molecule has 0 aliphatic carbocycles. The zero-order valence-electron chi connectivity index (χ0n) is 26.0. The zero-order valence-corrected chi connectivity index (χ0v) is 26.0. The number of methoxy groups -OCH3 is 2. The average molecular weight is 576 g/mol. The standard InChI is InChI=1S/C34H41NO7/c1-20-14-29(39-8)22(3)12-25(20)17-32(37)41-28-11-10-24(27(36)19-35-34(5,6)7)16-31(28)42-33(38)18-26-13-23(4)30(40-9)15-21(26)2/h10-16,35H,17-19H2,1-9H3. The Morgan fingerprint density at radius 2 is 1.12 bits per heavy atom. The third-order valence-corrected chi connectivity index (χ3v) is 6.87. The second kappa shape index (κ2) is 13.7. The Labute approximate surface area is 248 Å². The minimum atomic E-state index is -0.556. The normalized spacial score (nSPS) is 11.2. The zero-order chi connectivity index (χ0) is 31.2. The SMILES string of the molecule is COc1cc(C)c(CC(=O)Oc2ccc(C(=O)CNC(C)(C)C)cc2OC(=O)Cc2cc(C)c(OC)cc2C)cc1C. The Kier molecular flexibility index (Phi) is 10.5. The van der Waals surface area contributed by atoms with E-state index in [2.05, 4.69) is 5.32 Å². The molecule has 0 saturated carbocycles. The fraction of sp³-hybridized carbons (Fsp3) is 0.382. The van der Waals surface area contributed by atoms with E-state index in [4.69, 9.17) is 18.9 Å². The summed E-state index contributed by atoms with van der Waals surface area (Å²) < 4.78 is 22.1. The molecule has 8 nitrogen and oxygen atoms in total. The number of aryl methyl sites for hydroxylation is 4. The highest BCUT2D eigenvalue weighted by atomic mass is 16.6. The maximum Gasteiger partial charge on any atom is 0.315 e. The summed E-state index contributed by atoms with van der Waals surface area (Å²) in [5, 5.41) is 3.16. The van der Waals surface area contributed by atoms with Crippen LogP contribution in [0, 0.1) is 27.7 Å². The van der Waals surface area contributed by atoms with Crippen molar-refractivity contribution in [3.05, 3.63) is 81.4 Å². The first-order chi connectivity index (χ1) is 19.7. The van der Waals surface area contributed by atoms with Gasteiger partial charge in [0.15, 0.2) is 17.3 Å². The van der Waals surface area contributed by atoms with Gasteiger partial charge < -0.3 is 24.3 Å². The Morgan fingerprint density at radius 1 is 0.643 bits per heavy atom. The van der Waals surface area contributed by atoms with Crippen LogP contribution in [0.15, 0.2) is 42.5 Å². The third-order valence-electron chi connectivity index (χ3n) is 6.87. The first-order valence-corrected chi connectivity index (χ1v) is 13.8. The van der Waals surface area contributed by atoms with Gasteiger partial charge in [0.2, 0.25) is 0 Å². The van der Waals surface area contributed by atoms with Crippen LogP contribution < -0.4 is 24.3 Å². The summed E-state index contributed by atoms with van der Waals surface area (Å²) in [5.41, 5.74) is 5.20. The van der Waals surface area contributed by atoms with E-state index in [0.717, 1.165) is 44.9 Å². The highest BCUT2D eigenvalue weighted by molar-refractivity contribution is 5.98. The molecule has 0 aromatic heterocycles. The van der Waals surface area contributed by atoms with Crippen molar-refractivity contribution in [1.82, 2.24) is 5.32 Å². The number of carbonyl (C=O) groups is 3. The molecule has 3 rings (SSSR count).